The molecule has 1 amide bonds. The second-order valence-electron chi connectivity index (χ2n) is 7.77. The summed E-state index contributed by atoms with van der Waals surface area (Å²) in [5, 5.41) is 2.24. The van der Waals surface area contributed by atoms with E-state index in [1.165, 1.54) is 12.8 Å². The van der Waals surface area contributed by atoms with Crippen molar-refractivity contribution in [3.8, 4) is 11.5 Å². The summed E-state index contributed by atoms with van der Waals surface area (Å²) in [5.74, 6) is 2.29. The first-order valence-electron chi connectivity index (χ1n) is 11.9. The minimum absolute atomic E-state index is 0.286. The Morgan fingerprint density at radius 1 is 1.03 bits per heavy atom. The van der Waals surface area contributed by atoms with Gasteiger partial charge in [0.25, 0.3) is 0 Å². The van der Waals surface area contributed by atoms with Crippen molar-refractivity contribution in [2.45, 2.75) is 39.7 Å². The summed E-state index contributed by atoms with van der Waals surface area (Å²) in [5.41, 5.74) is 6.73. The van der Waals surface area contributed by atoms with E-state index < -0.39 is 0 Å². The van der Waals surface area contributed by atoms with Crippen LogP contribution in [-0.4, -0.2) is 52.7 Å². The summed E-state index contributed by atoms with van der Waals surface area (Å²) in [6.07, 6.45) is 5.91. The van der Waals surface area contributed by atoms with Gasteiger partial charge in [0.05, 0.1) is 20.5 Å². The van der Waals surface area contributed by atoms with E-state index in [2.05, 4.69) is 25.9 Å². The number of aryl methyl sites for hydroxylation is 1. The van der Waals surface area contributed by atoms with Crippen LogP contribution in [0.25, 0.3) is 21.9 Å². The summed E-state index contributed by atoms with van der Waals surface area (Å²) < 4.78 is 12.3. The zero-order valence-corrected chi connectivity index (χ0v) is 20.9. The minimum atomic E-state index is -0.323. The average molecular weight is 479 g/mol. The van der Waals surface area contributed by atoms with Crippen LogP contribution < -0.4 is 20.1 Å². The second kappa shape index (κ2) is 12.5. The maximum Gasteiger partial charge on any atom is 0.219 e. The Kier molecular flexibility index (Phi) is 9.23. The van der Waals surface area contributed by atoms with Crippen molar-refractivity contribution in [3.05, 3.63) is 49.1 Å². The molecule has 0 bridgehead atoms. The molecule has 1 saturated heterocycles. The number of benzene rings is 2. The van der Waals surface area contributed by atoms with Crippen LogP contribution in [0.5, 0.6) is 11.5 Å². The summed E-state index contributed by atoms with van der Waals surface area (Å²) >= 11 is 0. The average Bonchev–Trinajstić information content (AvgIpc) is 3.58. The summed E-state index contributed by atoms with van der Waals surface area (Å²) in [7, 11) is 3.34. The molecule has 9 nitrogen and oxygen atoms in total. The molecule has 0 atom stereocenters. The number of primary amides is 1. The van der Waals surface area contributed by atoms with E-state index in [0.29, 0.717) is 6.54 Å². The molecule has 1 fully saturated rings. The highest BCUT2D eigenvalue weighted by molar-refractivity contribution is 5.89. The van der Waals surface area contributed by atoms with E-state index in [0.717, 1.165) is 52.3 Å². The number of methoxy groups -OCH3 is 2. The number of fused-ring (bicyclic) bond motifs is 2. The van der Waals surface area contributed by atoms with E-state index >= 15 is 0 Å². The van der Waals surface area contributed by atoms with Gasteiger partial charge in [-0.05, 0) is 36.4 Å². The van der Waals surface area contributed by atoms with Gasteiger partial charge in [-0.3, -0.25) is 4.79 Å². The summed E-state index contributed by atoms with van der Waals surface area (Å²) in [4.78, 5) is 26.1. The fourth-order valence-corrected chi connectivity index (χ4v) is 3.95. The highest BCUT2D eigenvalue weighted by Gasteiger charge is 2.19. The lowest BCUT2D eigenvalue weighted by atomic mass is 10.1. The molecule has 4 aromatic rings. The third kappa shape index (κ3) is 6.17. The third-order valence-corrected chi connectivity index (χ3v) is 5.66. The van der Waals surface area contributed by atoms with Gasteiger partial charge in [-0.1, -0.05) is 32.0 Å². The van der Waals surface area contributed by atoms with Crippen LogP contribution >= 0.6 is 0 Å². The number of ether oxygens (including phenoxy) is 2. The number of amides is 1. The second-order valence-corrected chi connectivity index (χ2v) is 7.77. The first-order valence-corrected chi connectivity index (χ1v) is 11.9. The standard InChI is InChI=1S/C12H16N6O.C12H12O2.C2H6/c13-9(19)3-6-18-8-16-10-11(14-7-15-12(10)18)17-4-1-2-5-17;1-13-10-7-6-9-4-3-5-12(14-2)11(9)8-10;1-2/h7-8H,1-6H2,(H2,13,19);3-8H,1-2H3;1-2H3. The Morgan fingerprint density at radius 3 is 2.49 bits per heavy atom. The first kappa shape index (κ1) is 25.7. The number of anilines is 1. The van der Waals surface area contributed by atoms with Crippen molar-refractivity contribution in [2.75, 3.05) is 32.2 Å². The lowest BCUT2D eigenvalue weighted by Crippen LogP contribution is -2.19. The molecule has 5 rings (SSSR count). The molecule has 9 heteroatoms. The highest BCUT2D eigenvalue weighted by Crippen LogP contribution is 2.28. The van der Waals surface area contributed by atoms with Crippen LogP contribution in [0.2, 0.25) is 0 Å². The van der Waals surface area contributed by atoms with Gasteiger partial charge in [0.2, 0.25) is 5.91 Å². The zero-order chi connectivity index (χ0) is 25.2. The Bertz CT molecular complexity index is 1250. The van der Waals surface area contributed by atoms with E-state index in [1.807, 2.05) is 48.7 Å². The predicted molar refractivity (Wildman–Crippen MR) is 139 cm³/mol. The van der Waals surface area contributed by atoms with E-state index in [1.54, 1.807) is 26.9 Å². The quantitative estimate of drug-likeness (QED) is 0.443. The van der Waals surface area contributed by atoms with Crippen molar-refractivity contribution >= 4 is 33.7 Å². The van der Waals surface area contributed by atoms with Crippen molar-refractivity contribution in [2.24, 2.45) is 5.73 Å². The number of imidazole rings is 1. The molecule has 35 heavy (non-hydrogen) atoms. The lowest BCUT2D eigenvalue weighted by molar-refractivity contribution is -0.118. The highest BCUT2D eigenvalue weighted by atomic mass is 16.5. The largest absolute Gasteiger partial charge is 0.497 e. The Labute approximate surface area is 205 Å². The SMILES string of the molecule is CC.COc1ccc2cccc(OC)c2c1.NC(=O)CCn1cnc2c(N3CCCC3)ncnc21. The van der Waals surface area contributed by atoms with Crippen molar-refractivity contribution in [1.29, 1.82) is 0 Å². The molecule has 2 N–H and O–H groups in total. The molecule has 0 spiro atoms. The molecule has 0 aliphatic carbocycles. The van der Waals surface area contributed by atoms with Gasteiger partial charge >= 0.3 is 0 Å². The summed E-state index contributed by atoms with van der Waals surface area (Å²) in [6, 6.07) is 11.9. The number of rotatable bonds is 6. The van der Waals surface area contributed by atoms with Crippen molar-refractivity contribution < 1.29 is 14.3 Å². The van der Waals surface area contributed by atoms with Gasteiger partial charge in [-0.15, -0.1) is 0 Å². The minimum Gasteiger partial charge on any atom is -0.497 e. The molecule has 0 saturated carbocycles. The van der Waals surface area contributed by atoms with Crippen LogP contribution in [-0.2, 0) is 11.3 Å². The van der Waals surface area contributed by atoms with Crippen molar-refractivity contribution in [3.63, 3.8) is 0 Å². The summed E-state index contributed by atoms with van der Waals surface area (Å²) in [6.45, 7) is 6.53. The molecule has 1 aliphatic heterocycles. The molecule has 1 aliphatic rings. The fraction of sp³-hybridized carbons (Fsp3) is 0.385. The van der Waals surface area contributed by atoms with Gasteiger partial charge in [0.15, 0.2) is 17.0 Å². The number of nitrogens with two attached hydrogens (primary N) is 1. The number of carbonyl (C=O) groups excluding carboxylic acids is 1. The smallest absolute Gasteiger partial charge is 0.219 e. The number of hydrogen-bond donors (Lipinski definition) is 1. The molecule has 0 unspecified atom stereocenters. The van der Waals surface area contributed by atoms with Gasteiger partial charge in [-0.2, -0.15) is 0 Å². The van der Waals surface area contributed by atoms with Gasteiger partial charge in [-0.25, -0.2) is 15.0 Å². The van der Waals surface area contributed by atoms with Gasteiger partial charge < -0.3 is 24.7 Å². The van der Waals surface area contributed by atoms with Gasteiger partial charge in [0, 0.05) is 31.4 Å². The molecular weight excluding hydrogens is 444 g/mol. The lowest BCUT2D eigenvalue weighted by Gasteiger charge is -2.15. The van der Waals surface area contributed by atoms with E-state index in [-0.39, 0.29) is 12.3 Å². The number of aromatic nitrogens is 4. The van der Waals surface area contributed by atoms with Crippen molar-refractivity contribution in [1.82, 2.24) is 19.5 Å². The Morgan fingerprint density at radius 2 is 1.80 bits per heavy atom. The van der Waals surface area contributed by atoms with Crippen LogP contribution in [0.3, 0.4) is 0 Å². The normalized spacial score (nSPS) is 12.5. The molecule has 186 valence electrons. The fourth-order valence-electron chi connectivity index (χ4n) is 3.95. The Balaban J connectivity index is 0.000000190. The number of carbonyl (C=O) groups is 1. The topological polar surface area (TPSA) is 108 Å². The number of hydrogen-bond acceptors (Lipinski definition) is 7. The molecule has 0 radical (unpaired) electrons. The van der Waals surface area contributed by atoms with E-state index in [9.17, 15) is 4.79 Å². The maximum atomic E-state index is 10.9. The molecule has 3 heterocycles. The number of nitrogens with zero attached hydrogens (tertiary/aromatic N) is 5. The van der Waals surface area contributed by atoms with E-state index in [4.69, 9.17) is 15.2 Å². The van der Waals surface area contributed by atoms with Gasteiger partial charge in [0.1, 0.15) is 17.8 Å². The van der Waals surface area contributed by atoms with Crippen LogP contribution in [0, 0.1) is 0 Å². The van der Waals surface area contributed by atoms with Crippen LogP contribution in [0.15, 0.2) is 49.1 Å². The van der Waals surface area contributed by atoms with Crippen LogP contribution in [0.1, 0.15) is 33.1 Å². The molecule has 2 aromatic carbocycles. The molecular formula is C26H34N6O3. The Hall–Kier alpha value is -3.88. The first-order chi connectivity index (χ1) is 17.1. The maximum absolute atomic E-state index is 10.9. The molecule has 2 aromatic heterocycles. The third-order valence-electron chi connectivity index (χ3n) is 5.66. The van der Waals surface area contributed by atoms with Crippen LogP contribution in [0.4, 0.5) is 5.82 Å². The predicted octanol–water partition coefficient (Wildman–Crippen LogP) is 4.19. The monoisotopic (exact) mass is 478 g/mol. The zero-order valence-electron chi connectivity index (χ0n) is 20.9.